The van der Waals surface area contributed by atoms with Gasteiger partial charge in [0.05, 0.1) is 4.90 Å². The number of ether oxygens (including phenoxy) is 1. The number of anilines is 1. The maximum absolute atomic E-state index is 12.4. The molecule has 3 rings (SSSR count). The summed E-state index contributed by atoms with van der Waals surface area (Å²) in [5.74, 6) is -1.46. The number of esters is 1. The van der Waals surface area contributed by atoms with Gasteiger partial charge in [-0.25, -0.2) is 17.9 Å². The molecule has 10 heteroatoms. The van der Waals surface area contributed by atoms with E-state index in [1.807, 2.05) is 0 Å². The van der Waals surface area contributed by atoms with Crippen LogP contribution in [0.2, 0.25) is 0 Å². The van der Waals surface area contributed by atoms with Gasteiger partial charge >= 0.3 is 5.97 Å². The van der Waals surface area contributed by atoms with Crippen molar-refractivity contribution in [1.29, 1.82) is 0 Å². The molecular formula is C22H23N3O6S. The third kappa shape index (κ3) is 5.40. The minimum Gasteiger partial charge on any atom is -0.448 e. The molecule has 0 unspecified atom stereocenters. The molecule has 168 valence electrons. The number of nitrogens with one attached hydrogen (secondary N) is 3. The Kier molecular flexibility index (Phi) is 6.75. The van der Waals surface area contributed by atoms with Crippen molar-refractivity contribution in [1.82, 2.24) is 9.71 Å². The number of hydrogen-bond donors (Lipinski definition) is 3. The monoisotopic (exact) mass is 457 g/mol. The van der Waals surface area contributed by atoms with Crippen LogP contribution in [0.3, 0.4) is 0 Å². The van der Waals surface area contributed by atoms with Crippen LogP contribution >= 0.6 is 0 Å². The van der Waals surface area contributed by atoms with Crippen molar-refractivity contribution in [3.63, 3.8) is 0 Å². The van der Waals surface area contributed by atoms with E-state index < -0.39 is 33.6 Å². The summed E-state index contributed by atoms with van der Waals surface area (Å²) in [6.45, 7) is 4.81. The summed E-state index contributed by atoms with van der Waals surface area (Å²) < 4.78 is 32.0. The zero-order chi connectivity index (χ0) is 23.5. The highest BCUT2D eigenvalue weighted by Crippen LogP contribution is 2.16. The van der Waals surface area contributed by atoms with E-state index in [4.69, 9.17) is 4.74 Å². The number of H-pyrrole nitrogens is 1. The highest BCUT2D eigenvalue weighted by Gasteiger charge is 2.21. The molecule has 0 bridgehead atoms. The molecule has 32 heavy (non-hydrogen) atoms. The number of sulfonamides is 1. The maximum atomic E-state index is 12.4. The van der Waals surface area contributed by atoms with Crippen molar-refractivity contribution < 1.29 is 22.7 Å². The Balaban J connectivity index is 1.66. The maximum Gasteiger partial charge on any atom is 0.355 e. The van der Waals surface area contributed by atoms with Crippen LogP contribution in [-0.2, 0) is 19.6 Å². The lowest BCUT2D eigenvalue weighted by atomic mass is 10.1. The van der Waals surface area contributed by atoms with Gasteiger partial charge in [0, 0.05) is 17.1 Å². The smallest absolute Gasteiger partial charge is 0.355 e. The van der Waals surface area contributed by atoms with E-state index in [9.17, 15) is 22.8 Å². The average molecular weight is 458 g/mol. The first-order valence-corrected chi connectivity index (χ1v) is 11.3. The van der Waals surface area contributed by atoms with Crippen LogP contribution in [0.4, 0.5) is 5.69 Å². The fourth-order valence-corrected chi connectivity index (χ4v) is 4.19. The topological polar surface area (TPSA) is 134 Å². The van der Waals surface area contributed by atoms with Gasteiger partial charge in [0.2, 0.25) is 10.0 Å². The lowest BCUT2D eigenvalue weighted by Gasteiger charge is -2.14. The summed E-state index contributed by atoms with van der Waals surface area (Å²) in [5.41, 5.74) is -0.171. The zero-order valence-electron chi connectivity index (χ0n) is 17.7. The second-order valence-corrected chi connectivity index (χ2v) is 9.15. The molecule has 1 aromatic heterocycles. The highest BCUT2D eigenvalue weighted by atomic mass is 32.2. The summed E-state index contributed by atoms with van der Waals surface area (Å²) >= 11 is 0. The first-order chi connectivity index (χ1) is 15.1. The van der Waals surface area contributed by atoms with Gasteiger partial charge in [-0.05, 0) is 62.6 Å². The molecule has 0 aliphatic carbocycles. The van der Waals surface area contributed by atoms with Gasteiger partial charge in [-0.3, -0.25) is 9.59 Å². The zero-order valence-corrected chi connectivity index (χ0v) is 18.5. The Hall–Kier alpha value is -3.50. The number of pyridine rings is 1. The molecule has 0 saturated heterocycles. The van der Waals surface area contributed by atoms with Crippen LogP contribution in [0.15, 0.2) is 64.3 Å². The molecule has 1 amide bonds. The van der Waals surface area contributed by atoms with Gasteiger partial charge in [-0.15, -0.1) is 0 Å². The van der Waals surface area contributed by atoms with E-state index in [0.29, 0.717) is 16.5 Å². The average Bonchev–Trinajstić information content (AvgIpc) is 2.73. The van der Waals surface area contributed by atoms with Crippen LogP contribution < -0.4 is 15.6 Å². The largest absolute Gasteiger partial charge is 0.448 e. The summed E-state index contributed by atoms with van der Waals surface area (Å²) in [6.07, 6.45) is -1.16. The fraction of sp³-hybridized carbons (Fsp3) is 0.227. The number of carbonyl (C=O) groups is 2. The Labute approximate surface area is 184 Å². The first-order valence-electron chi connectivity index (χ1n) is 9.83. The van der Waals surface area contributed by atoms with Crippen LogP contribution in [-0.4, -0.2) is 37.4 Å². The van der Waals surface area contributed by atoms with Gasteiger partial charge in [0.25, 0.3) is 11.5 Å². The molecule has 9 nitrogen and oxygen atoms in total. The Bertz CT molecular complexity index is 1310. The number of fused-ring (bicyclic) bond motifs is 1. The van der Waals surface area contributed by atoms with Crippen molar-refractivity contribution in [3.8, 4) is 0 Å². The fourth-order valence-electron chi connectivity index (χ4n) is 2.94. The number of carbonyl (C=O) groups excluding carboxylic acids is 2. The summed E-state index contributed by atoms with van der Waals surface area (Å²) in [4.78, 5) is 39.4. The normalized spacial score (nSPS) is 12.5. The number of rotatable bonds is 7. The predicted octanol–water partition coefficient (Wildman–Crippen LogP) is 2.40. The number of aromatic nitrogens is 1. The van der Waals surface area contributed by atoms with Gasteiger partial charge in [-0.2, -0.15) is 0 Å². The summed E-state index contributed by atoms with van der Waals surface area (Å²) in [5, 5.41) is 3.56. The Morgan fingerprint density at radius 3 is 2.31 bits per heavy atom. The molecule has 0 aliphatic heterocycles. The molecule has 0 saturated carbocycles. The molecule has 2 aromatic carbocycles. The van der Waals surface area contributed by atoms with Gasteiger partial charge in [-0.1, -0.05) is 18.2 Å². The molecule has 0 fully saturated rings. The third-order valence-corrected chi connectivity index (χ3v) is 6.12. The number of hydrogen-bond acceptors (Lipinski definition) is 6. The van der Waals surface area contributed by atoms with Crippen LogP contribution in [0, 0.1) is 0 Å². The van der Waals surface area contributed by atoms with Crippen molar-refractivity contribution in [3.05, 3.63) is 70.6 Å². The van der Waals surface area contributed by atoms with Crippen LogP contribution in [0.5, 0.6) is 0 Å². The minimum absolute atomic E-state index is 0.0592. The van der Waals surface area contributed by atoms with Gasteiger partial charge in [0.1, 0.15) is 5.69 Å². The summed E-state index contributed by atoms with van der Waals surface area (Å²) in [7, 11) is -3.65. The Morgan fingerprint density at radius 2 is 1.66 bits per heavy atom. The molecule has 0 spiro atoms. The van der Waals surface area contributed by atoms with E-state index >= 15 is 0 Å². The SMILES string of the molecule is CC(C)NS(=O)(=O)c1ccc(NC(=O)[C@@H](C)OC(=O)c2cc3ccccc3c(=O)[nH]2)cc1. The standard InChI is InChI=1S/C22H23N3O6S/c1-13(2)25-32(29,30)17-10-8-16(9-11-17)23-20(26)14(3)31-22(28)19-12-15-6-4-5-7-18(15)21(27)24-19/h4-14,25H,1-3H3,(H,23,26)(H,24,27)/t14-/m1/s1. The van der Waals surface area contributed by atoms with Crippen molar-refractivity contribution in [2.24, 2.45) is 0 Å². The van der Waals surface area contributed by atoms with Gasteiger partial charge < -0.3 is 15.0 Å². The second-order valence-electron chi connectivity index (χ2n) is 7.44. The van der Waals surface area contributed by atoms with Crippen LogP contribution in [0.1, 0.15) is 31.3 Å². The van der Waals surface area contributed by atoms with Crippen molar-refractivity contribution in [2.75, 3.05) is 5.32 Å². The highest BCUT2D eigenvalue weighted by molar-refractivity contribution is 7.89. The van der Waals surface area contributed by atoms with Gasteiger partial charge in [0.15, 0.2) is 6.10 Å². The van der Waals surface area contributed by atoms with E-state index in [1.165, 1.54) is 37.3 Å². The molecule has 3 aromatic rings. The third-order valence-electron chi connectivity index (χ3n) is 4.45. The minimum atomic E-state index is -3.65. The lowest BCUT2D eigenvalue weighted by molar-refractivity contribution is -0.123. The lowest BCUT2D eigenvalue weighted by Crippen LogP contribution is -2.31. The van der Waals surface area contributed by atoms with Crippen molar-refractivity contribution in [2.45, 2.75) is 37.8 Å². The van der Waals surface area contributed by atoms with E-state index in [-0.39, 0.29) is 16.6 Å². The van der Waals surface area contributed by atoms with E-state index in [0.717, 1.165) is 0 Å². The molecule has 0 aliphatic rings. The molecule has 1 heterocycles. The first kappa shape index (κ1) is 23.2. The molecule has 0 radical (unpaired) electrons. The second kappa shape index (κ2) is 9.33. The predicted molar refractivity (Wildman–Crippen MR) is 120 cm³/mol. The van der Waals surface area contributed by atoms with Crippen molar-refractivity contribution >= 4 is 38.4 Å². The molecule has 1 atom stereocenters. The van der Waals surface area contributed by atoms with E-state index in [2.05, 4.69) is 15.0 Å². The molecule has 3 N–H and O–H groups in total. The quantitative estimate of drug-likeness (QED) is 0.467. The number of benzene rings is 2. The number of aromatic amines is 1. The number of amides is 1. The molecular weight excluding hydrogens is 434 g/mol. The Morgan fingerprint density at radius 1 is 1.00 bits per heavy atom. The summed E-state index contributed by atoms with van der Waals surface area (Å²) in [6, 6.07) is 13.6. The van der Waals surface area contributed by atoms with E-state index in [1.54, 1.807) is 38.1 Å². The van der Waals surface area contributed by atoms with Crippen LogP contribution in [0.25, 0.3) is 10.8 Å².